The monoisotopic (exact) mass is 243 g/mol. The van der Waals surface area contributed by atoms with Crippen molar-refractivity contribution in [2.24, 2.45) is 5.92 Å². The lowest BCUT2D eigenvalue weighted by molar-refractivity contribution is 0.414. The zero-order chi connectivity index (χ0) is 9.26. The van der Waals surface area contributed by atoms with Crippen LogP contribution in [0.25, 0.3) is 0 Å². The molecular formula is C10H14BrNO. The van der Waals surface area contributed by atoms with Gasteiger partial charge in [0, 0.05) is 0 Å². The fourth-order valence-corrected chi connectivity index (χ4v) is 1.65. The average Bonchev–Trinajstić information content (AvgIpc) is 2.84. The molecule has 0 amide bonds. The number of hydrogen-bond acceptors (Lipinski definition) is 2. The molecule has 1 aromatic rings. The maximum absolute atomic E-state index is 5.45. The van der Waals surface area contributed by atoms with E-state index in [0.717, 1.165) is 22.9 Å². The second-order valence-corrected chi connectivity index (χ2v) is 4.50. The van der Waals surface area contributed by atoms with Gasteiger partial charge in [-0.3, -0.25) is 0 Å². The maximum Gasteiger partial charge on any atom is 0.169 e. The lowest BCUT2D eigenvalue weighted by Crippen LogP contribution is -2.20. The molecule has 1 saturated carbocycles. The quantitative estimate of drug-likeness (QED) is 0.880. The summed E-state index contributed by atoms with van der Waals surface area (Å²) in [7, 11) is 0. The van der Waals surface area contributed by atoms with Gasteiger partial charge in [-0.2, -0.15) is 0 Å². The van der Waals surface area contributed by atoms with E-state index in [2.05, 4.69) is 28.2 Å². The Kier molecular flexibility index (Phi) is 2.74. The van der Waals surface area contributed by atoms with Crippen LogP contribution in [0.4, 0.5) is 0 Å². The fourth-order valence-electron chi connectivity index (χ4n) is 1.33. The molecule has 1 unspecified atom stereocenters. The highest BCUT2D eigenvalue weighted by atomic mass is 79.9. The van der Waals surface area contributed by atoms with E-state index in [-0.39, 0.29) is 0 Å². The highest BCUT2D eigenvalue weighted by molar-refractivity contribution is 9.10. The Balaban J connectivity index is 1.84. The molecule has 1 fully saturated rings. The van der Waals surface area contributed by atoms with Crippen molar-refractivity contribution in [2.75, 3.05) is 6.54 Å². The lowest BCUT2D eigenvalue weighted by Gasteiger charge is -2.09. The molecule has 0 radical (unpaired) electrons. The van der Waals surface area contributed by atoms with Gasteiger partial charge in [-0.05, 0) is 60.3 Å². The van der Waals surface area contributed by atoms with Gasteiger partial charge in [0.25, 0.3) is 0 Å². The fraction of sp³-hybridized carbons (Fsp3) is 0.600. The van der Waals surface area contributed by atoms with E-state index in [1.165, 1.54) is 12.8 Å². The first-order valence-corrected chi connectivity index (χ1v) is 5.53. The minimum absolute atomic E-state index is 0.326. The van der Waals surface area contributed by atoms with E-state index >= 15 is 0 Å². The normalized spacial score (nSPS) is 18.9. The standard InChI is InChI=1S/C10H14BrNO/c1-7(12-6-8-2-3-8)9-4-5-10(11)13-9/h4-5,7-8,12H,2-3,6H2,1H3. The van der Waals surface area contributed by atoms with Crippen LogP contribution >= 0.6 is 15.9 Å². The van der Waals surface area contributed by atoms with E-state index in [9.17, 15) is 0 Å². The average molecular weight is 244 g/mol. The van der Waals surface area contributed by atoms with Crippen LogP contribution in [-0.2, 0) is 0 Å². The van der Waals surface area contributed by atoms with E-state index < -0.39 is 0 Å². The molecule has 2 nitrogen and oxygen atoms in total. The van der Waals surface area contributed by atoms with E-state index in [4.69, 9.17) is 4.42 Å². The molecule has 1 aliphatic rings. The Hall–Kier alpha value is -0.280. The van der Waals surface area contributed by atoms with Gasteiger partial charge >= 0.3 is 0 Å². The summed E-state index contributed by atoms with van der Waals surface area (Å²) < 4.78 is 6.26. The molecule has 1 N–H and O–H groups in total. The van der Waals surface area contributed by atoms with Crippen LogP contribution in [0.5, 0.6) is 0 Å². The molecule has 0 aliphatic heterocycles. The first-order valence-electron chi connectivity index (χ1n) is 4.74. The van der Waals surface area contributed by atoms with E-state index in [1.807, 2.05) is 12.1 Å². The Labute approximate surface area is 86.8 Å². The first kappa shape index (κ1) is 9.28. The van der Waals surface area contributed by atoms with E-state index in [1.54, 1.807) is 0 Å². The van der Waals surface area contributed by atoms with Gasteiger partial charge in [0.05, 0.1) is 6.04 Å². The molecule has 0 spiro atoms. The van der Waals surface area contributed by atoms with Gasteiger partial charge in [-0.15, -0.1) is 0 Å². The number of hydrogen-bond donors (Lipinski definition) is 1. The molecule has 1 aliphatic carbocycles. The van der Waals surface area contributed by atoms with Crippen LogP contribution in [0.3, 0.4) is 0 Å². The van der Waals surface area contributed by atoms with Gasteiger partial charge < -0.3 is 9.73 Å². The SMILES string of the molecule is CC(NCC1CC1)c1ccc(Br)o1. The molecule has 1 aromatic heterocycles. The third-order valence-electron chi connectivity index (χ3n) is 2.43. The zero-order valence-corrected chi connectivity index (χ0v) is 9.30. The number of furan rings is 1. The van der Waals surface area contributed by atoms with Gasteiger partial charge in [0.2, 0.25) is 0 Å². The molecule has 1 heterocycles. The highest BCUT2D eigenvalue weighted by Crippen LogP contribution is 2.29. The molecule has 1 atom stereocenters. The highest BCUT2D eigenvalue weighted by Gasteiger charge is 2.22. The number of nitrogens with one attached hydrogen (secondary N) is 1. The lowest BCUT2D eigenvalue weighted by atomic mass is 10.2. The van der Waals surface area contributed by atoms with Crippen LogP contribution in [-0.4, -0.2) is 6.54 Å². The van der Waals surface area contributed by atoms with Gasteiger partial charge in [0.15, 0.2) is 4.67 Å². The van der Waals surface area contributed by atoms with Crippen molar-refractivity contribution in [3.8, 4) is 0 Å². The number of halogens is 1. The number of rotatable bonds is 4. The largest absolute Gasteiger partial charge is 0.453 e. The minimum Gasteiger partial charge on any atom is -0.453 e. The van der Waals surface area contributed by atoms with Crippen molar-refractivity contribution in [3.05, 3.63) is 22.6 Å². The van der Waals surface area contributed by atoms with Gasteiger partial charge in [-0.1, -0.05) is 0 Å². The van der Waals surface area contributed by atoms with Crippen molar-refractivity contribution >= 4 is 15.9 Å². The Morgan fingerprint density at radius 3 is 2.92 bits per heavy atom. The molecule has 72 valence electrons. The second-order valence-electron chi connectivity index (χ2n) is 3.72. The Morgan fingerprint density at radius 1 is 1.62 bits per heavy atom. The molecule has 0 bridgehead atoms. The summed E-state index contributed by atoms with van der Waals surface area (Å²) in [6.07, 6.45) is 2.78. The second kappa shape index (κ2) is 3.84. The van der Waals surface area contributed by atoms with Crippen LogP contribution in [0.2, 0.25) is 0 Å². The summed E-state index contributed by atoms with van der Waals surface area (Å²) in [6, 6.07) is 4.27. The van der Waals surface area contributed by atoms with Crippen molar-refractivity contribution < 1.29 is 4.42 Å². The van der Waals surface area contributed by atoms with Gasteiger partial charge in [0.1, 0.15) is 5.76 Å². The van der Waals surface area contributed by atoms with Crippen LogP contribution in [0.1, 0.15) is 31.6 Å². The van der Waals surface area contributed by atoms with Crippen LogP contribution in [0.15, 0.2) is 21.2 Å². The van der Waals surface area contributed by atoms with Crippen LogP contribution in [0, 0.1) is 5.92 Å². The molecule has 0 aromatic carbocycles. The summed E-state index contributed by atoms with van der Waals surface area (Å²) in [6.45, 7) is 3.26. The topological polar surface area (TPSA) is 25.2 Å². The van der Waals surface area contributed by atoms with Crippen LogP contribution < -0.4 is 5.32 Å². The Bertz CT molecular complexity index is 280. The first-order chi connectivity index (χ1) is 6.25. The summed E-state index contributed by atoms with van der Waals surface area (Å²) in [5.41, 5.74) is 0. The molecule has 2 rings (SSSR count). The van der Waals surface area contributed by atoms with Crippen molar-refractivity contribution in [1.29, 1.82) is 0 Å². The molecule has 0 saturated heterocycles. The Morgan fingerprint density at radius 2 is 2.38 bits per heavy atom. The molecule has 13 heavy (non-hydrogen) atoms. The summed E-state index contributed by atoms with van der Waals surface area (Å²) in [5, 5.41) is 3.46. The predicted molar refractivity (Wildman–Crippen MR) is 55.5 cm³/mol. The third-order valence-corrected chi connectivity index (χ3v) is 2.86. The molecular weight excluding hydrogens is 230 g/mol. The summed E-state index contributed by atoms with van der Waals surface area (Å²) in [4.78, 5) is 0. The van der Waals surface area contributed by atoms with E-state index in [0.29, 0.717) is 6.04 Å². The molecule has 3 heteroatoms. The summed E-state index contributed by atoms with van der Waals surface area (Å²) in [5.74, 6) is 1.92. The van der Waals surface area contributed by atoms with Gasteiger partial charge in [-0.25, -0.2) is 0 Å². The smallest absolute Gasteiger partial charge is 0.169 e. The van der Waals surface area contributed by atoms with Crippen molar-refractivity contribution in [2.45, 2.75) is 25.8 Å². The maximum atomic E-state index is 5.45. The minimum atomic E-state index is 0.326. The van der Waals surface area contributed by atoms with Crippen molar-refractivity contribution in [1.82, 2.24) is 5.32 Å². The zero-order valence-electron chi connectivity index (χ0n) is 7.72. The third kappa shape index (κ3) is 2.58. The van der Waals surface area contributed by atoms with Crippen molar-refractivity contribution in [3.63, 3.8) is 0 Å². The summed E-state index contributed by atoms with van der Waals surface area (Å²) >= 11 is 3.30. The predicted octanol–water partition coefficient (Wildman–Crippen LogP) is 3.10.